The van der Waals surface area contributed by atoms with Gasteiger partial charge in [0.1, 0.15) is 5.75 Å². The van der Waals surface area contributed by atoms with Crippen LogP contribution in [0.2, 0.25) is 0 Å². The second-order valence-corrected chi connectivity index (χ2v) is 3.41. The van der Waals surface area contributed by atoms with E-state index in [2.05, 4.69) is 5.32 Å². The number of benzene rings is 1. The Hall–Kier alpha value is -2.50. The summed E-state index contributed by atoms with van der Waals surface area (Å²) < 4.78 is 5.04. The average Bonchev–Trinajstić information content (AvgIpc) is 2.33. The van der Waals surface area contributed by atoms with Gasteiger partial charge in [0, 0.05) is 24.4 Å². The summed E-state index contributed by atoms with van der Waals surface area (Å²) in [4.78, 5) is 22.0. The van der Waals surface area contributed by atoms with Gasteiger partial charge in [-0.15, -0.1) is 0 Å². The lowest BCUT2D eigenvalue weighted by molar-refractivity contribution is -0.131. The first-order chi connectivity index (χ1) is 8.54. The van der Waals surface area contributed by atoms with E-state index in [-0.39, 0.29) is 12.5 Å². The monoisotopic (exact) mass is 250 g/mol. The van der Waals surface area contributed by atoms with Gasteiger partial charge in [-0.05, 0) is 12.1 Å². The van der Waals surface area contributed by atoms with Crippen LogP contribution < -0.4 is 15.8 Å². The number of hydrogen-bond donors (Lipinski definition) is 3. The fourth-order valence-corrected chi connectivity index (χ4v) is 1.30. The van der Waals surface area contributed by atoms with Gasteiger partial charge >= 0.3 is 5.97 Å². The molecule has 0 aliphatic carbocycles. The van der Waals surface area contributed by atoms with Crippen LogP contribution in [0.5, 0.6) is 5.75 Å². The molecule has 0 unspecified atom stereocenters. The number of carboxylic acid groups (broad SMARTS) is 1. The number of ether oxygens (including phenoxy) is 1. The number of nitrogens with two attached hydrogens (primary N) is 1. The molecule has 0 saturated heterocycles. The van der Waals surface area contributed by atoms with Gasteiger partial charge in [0.05, 0.1) is 12.7 Å². The van der Waals surface area contributed by atoms with Crippen LogP contribution in [0.25, 0.3) is 0 Å². The van der Waals surface area contributed by atoms with Crippen molar-refractivity contribution >= 4 is 17.6 Å². The van der Waals surface area contributed by atoms with Crippen molar-refractivity contribution in [3.63, 3.8) is 0 Å². The Morgan fingerprint density at radius 1 is 1.50 bits per heavy atom. The average molecular weight is 250 g/mol. The highest BCUT2D eigenvalue weighted by atomic mass is 16.5. The number of nitrogen functional groups attached to an aromatic ring is 1. The van der Waals surface area contributed by atoms with Crippen molar-refractivity contribution in [2.75, 3.05) is 19.4 Å². The predicted molar refractivity (Wildman–Crippen MR) is 66.5 cm³/mol. The van der Waals surface area contributed by atoms with Crippen LogP contribution in [0.4, 0.5) is 5.69 Å². The van der Waals surface area contributed by atoms with Crippen molar-refractivity contribution in [2.24, 2.45) is 0 Å². The number of nitrogens with one attached hydrogen (secondary N) is 1. The van der Waals surface area contributed by atoms with Gasteiger partial charge < -0.3 is 20.9 Å². The van der Waals surface area contributed by atoms with Crippen LogP contribution in [0.1, 0.15) is 10.4 Å². The zero-order chi connectivity index (χ0) is 13.5. The molecule has 1 aromatic carbocycles. The van der Waals surface area contributed by atoms with Crippen LogP contribution in [0, 0.1) is 0 Å². The van der Waals surface area contributed by atoms with E-state index in [1.165, 1.54) is 13.2 Å². The summed E-state index contributed by atoms with van der Waals surface area (Å²) in [6.07, 6.45) is 2.30. The molecule has 0 aliphatic heterocycles. The molecule has 0 aromatic heterocycles. The highest BCUT2D eigenvalue weighted by Gasteiger charge is 2.11. The van der Waals surface area contributed by atoms with Crippen LogP contribution in [-0.2, 0) is 4.79 Å². The van der Waals surface area contributed by atoms with Gasteiger partial charge in [-0.25, -0.2) is 4.79 Å². The molecule has 0 heterocycles. The molecule has 4 N–H and O–H groups in total. The number of anilines is 1. The van der Waals surface area contributed by atoms with Gasteiger partial charge in [0.2, 0.25) is 0 Å². The molecule has 1 aromatic rings. The van der Waals surface area contributed by atoms with Crippen molar-refractivity contribution in [3.05, 3.63) is 35.9 Å². The van der Waals surface area contributed by atoms with E-state index in [1.54, 1.807) is 18.2 Å². The SMILES string of the molecule is COc1cc(N)ccc1C(=O)NC/C=C/C(=O)O. The number of carbonyl (C=O) groups is 2. The molecule has 0 saturated carbocycles. The number of rotatable bonds is 5. The van der Waals surface area contributed by atoms with E-state index in [1.807, 2.05) is 0 Å². The van der Waals surface area contributed by atoms with Crippen LogP contribution in [0.3, 0.4) is 0 Å². The fraction of sp³-hybridized carbons (Fsp3) is 0.167. The molecule has 0 spiro atoms. The van der Waals surface area contributed by atoms with Crippen LogP contribution >= 0.6 is 0 Å². The third kappa shape index (κ3) is 3.82. The smallest absolute Gasteiger partial charge is 0.328 e. The summed E-state index contributed by atoms with van der Waals surface area (Å²) in [7, 11) is 1.44. The minimum absolute atomic E-state index is 0.124. The van der Waals surface area contributed by atoms with Crippen LogP contribution in [0.15, 0.2) is 30.4 Å². The summed E-state index contributed by atoms with van der Waals surface area (Å²) in [5, 5.41) is 10.9. The molecule has 0 atom stereocenters. The molecule has 6 heteroatoms. The normalized spacial score (nSPS) is 10.3. The highest BCUT2D eigenvalue weighted by molar-refractivity contribution is 5.97. The van der Waals surface area contributed by atoms with E-state index in [0.29, 0.717) is 17.0 Å². The van der Waals surface area contributed by atoms with E-state index in [0.717, 1.165) is 6.08 Å². The summed E-state index contributed by atoms with van der Waals surface area (Å²) in [6, 6.07) is 4.68. The lowest BCUT2D eigenvalue weighted by Crippen LogP contribution is -2.24. The number of carbonyl (C=O) groups excluding carboxylic acids is 1. The summed E-state index contributed by atoms with van der Waals surface area (Å²) in [6.45, 7) is 0.124. The Bertz CT molecular complexity index is 483. The lowest BCUT2D eigenvalue weighted by Gasteiger charge is -2.08. The first-order valence-corrected chi connectivity index (χ1v) is 5.15. The van der Waals surface area contributed by atoms with Gasteiger partial charge in [-0.2, -0.15) is 0 Å². The van der Waals surface area contributed by atoms with Crippen molar-refractivity contribution in [1.29, 1.82) is 0 Å². The van der Waals surface area contributed by atoms with E-state index in [9.17, 15) is 9.59 Å². The quantitative estimate of drug-likeness (QED) is 0.526. The lowest BCUT2D eigenvalue weighted by atomic mass is 10.1. The largest absolute Gasteiger partial charge is 0.496 e. The van der Waals surface area contributed by atoms with Crippen molar-refractivity contribution in [3.8, 4) is 5.75 Å². The van der Waals surface area contributed by atoms with Crippen molar-refractivity contribution in [2.45, 2.75) is 0 Å². The first kappa shape index (κ1) is 13.6. The van der Waals surface area contributed by atoms with Gasteiger partial charge in [0.25, 0.3) is 5.91 Å². The molecule has 0 fully saturated rings. The van der Waals surface area contributed by atoms with Crippen molar-refractivity contribution < 1.29 is 19.4 Å². The molecular formula is C12H14N2O4. The molecule has 0 aliphatic rings. The third-order valence-electron chi connectivity index (χ3n) is 2.11. The number of hydrogen-bond acceptors (Lipinski definition) is 4. The minimum Gasteiger partial charge on any atom is -0.496 e. The molecule has 1 rings (SSSR count). The second-order valence-electron chi connectivity index (χ2n) is 3.41. The molecule has 6 nitrogen and oxygen atoms in total. The fourth-order valence-electron chi connectivity index (χ4n) is 1.30. The number of amides is 1. The van der Waals surface area contributed by atoms with Gasteiger partial charge in [0.15, 0.2) is 0 Å². The highest BCUT2D eigenvalue weighted by Crippen LogP contribution is 2.21. The maximum absolute atomic E-state index is 11.8. The summed E-state index contributed by atoms with van der Waals surface area (Å²) in [5.74, 6) is -1.05. The first-order valence-electron chi connectivity index (χ1n) is 5.15. The maximum atomic E-state index is 11.8. The van der Waals surface area contributed by atoms with E-state index < -0.39 is 5.97 Å². The predicted octanol–water partition coefficient (Wildman–Crippen LogP) is 0.648. The second kappa shape index (κ2) is 6.29. The Labute approximate surface area is 104 Å². The van der Waals surface area contributed by atoms with Gasteiger partial charge in [-0.3, -0.25) is 4.79 Å². The summed E-state index contributed by atoms with van der Waals surface area (Å²) >= 11 is 0. The van der Waals surface area contributed by atoms with Crippen LogP contribution in [-0.4, -0.2) is 30.6 Å². The zero-order valence-electron chi connectivity index (χ0n) is 9.84. The van der Waals surface area contributed by atoms with E-state index >= 15 is 0 Å². The maximum Gasteiger partial charge on any atom is 0.328 e. The standard InChI is InChI=1S/C12H14N2O4/c1-18-10-7-8(13)4-5-9(10)12(17)14-6-2-3-11(15)16/h2-5,7H,6,13H2,1H3,(H,14,17)(H,15,16)/b3-2+. The third-order valence-corrected chi connectivity index (χ3v) is 2.11. The Balaban J connectivity index is 2.69. The molecular weight excluding hydrogens is 236 g/mol. The number of carboxylic acids is 1. The summed E-state index contributed by atoms with van der Waals surface area (Å²) in [5.41, 5.74) is 6.41. The molecule has 96 valence electrons. The topological polar surface area (TPSA) is 102 Å². The number of methoxy groups -OCH3 is 1. The molecule has 0 radical (unpaired) electrons. The molecule has 1 amide bonds. The Kier molecular flexibility index (Phi) is 4.74. The Morgan fingerprint density at radius 3 is 2.83 bits per heavy atom. The molecule has 0 bridgehead atoms. The van der Waals surface area contributed by atoms with Gasteiger partial charge in [-0.1, -0.05) is 6.08 Å². The Morgan fingerprint density at radius 2 is 2.22 bits per heavy atom. The molecule has 18 heavy (non-hydrogen) atoms. The number of aliphatic carboxylic acids is 1. The zero-order valence-corrected chi connectivity index (χ0v) is 9.84. The minimum atomic E-state index is -1.06. The van der Waals surface area contributed by atoms with Crippen molar-refractivity contribution in [1.82, 2.24) is 5.32 Å². The van der Waals surface area contributed by atoms with E-state index in [4.69, 9.17) is 15.6 Å².